The van der Waals surface area contributed by atoms with E-state index >= 15 is 8.78 Å². The number of aliphatic hydroxyl groups is 1. The van der Waals surface area contributed by atoms with Gasteiger partial charge in [-0.15, -0.1) is 0 Å². The molecule has 4 atom stereocenters. The fourth-order valence-electron chi connectivity index (χ4n) is 5.01. The molecule has 0 aliphatic carbocycles. The number of nitrogens with one attached hydrogen (secondary N) is 1. The number of ether oxygens (including phenoxy) is 3. The molecule has 202 valence electrons. The van der Waals surface area contributed by atoms with Crippen molar-refractivity contribution in [1.29, 1.82) is 0 Å². The number of fused-ring (bicyclic) bond motifs is 2. The Kier molecular flexibility index (Phi) is 6.18. The number of pyridine rings is 1. The van der Waals surface area contributed by atoms with Crippen molar-refractivity contribution in [3.8, 4) is 17.3 Å². The molecule has 0 spiro atoms. The lowest BCUT2D eigenvalue weighted by molar-refractivity contribution is 0.00706. The summed E-state index contributed by atoms with van der Waals surface area (Å²) in [6.07, 6.45) is 0.650. The van der Waals surface area contributed by atoms with Crippen molar-refractivity contribution in [2.24, 2.45) is 0 Å². The molecule has 2 aromatic heterocycles. The van der Waals surface area contributed by atoms with Crippen LogP contribution in [-0.4, -0.2) is 89.8 Å². The number of aliphatic hydroxyl groups excluding tert-OH is 1. The third-order valence-electron chi connectivity index (χ3n) is 6.94. The molecular weight excluding hydrogens is 529 g/mol. The second-order valence-corrected chi connectivity index (χ2v) is 11.4. The van der Waals surface area contributed by atoms with E-state index in [1.807, 2.05) is 0 Å². The Morgan fingerprint density at radius 3 is 2.50 bits per heavy atom. The van der Waals surface area contributed by atoms with Gasteiger partial charge in [0.05, 0.1) is 30.5 Å². The summed E-state index contributed by atoms with van der Waals surface area (Å²) in [5.74, 6) is -3.00. The maximum Gasteiger partial charge on any atom is 0.296 e. The molecule has 3 aliphatic rings. The highest BCUT2D eigenvalue weighted by Gasteiger charge is 2.48. The zero-order chi connectivity index (χ0) is 26.8. The van der Waals surface area contributed by atoms with Gasteiger partial charge in [-0.1, -0.05) is 6.08 Å². The zero-order valence-electron chi connectivity index (χ0n) is 20.0. The monoisotopic (exact) mass is 552 g/mol. The number of sulfonamides is 1. The van der Waals surface area contributed by atoms with E-state index in [-0.39, 0.29) is 55.5 Å². The average molecular weight is 553 g/mol. The van der Waals surface area contributed by atoms with Gasteiger partial charge in [-0.05, 0) is 29.7 Å². The van der Waals surface area contributed by atoms with Crippen LogP contribution in [0, 0.1) is 17.5 Å². The van der Waals surface area contributed by atoms with Crippen molar-refractivity contribution in [3.63, 3.8) is 0 Å². The van der Waals surface area contributed by atoms with Crippen LogP contribution in [-0.2, 0) is 19.5 Å². The Balaban J connectivity index is 1.27. The van der Waals surface area contributed by atoms with Crippen molar-refractivity contribution in [1.82, 2.24) is 19.3 Å². The fourth-order valence-corrected chi connectivity index (χ4v) is 5.78. The van der Waals surface area contributed by atoms with Crippen molar-refractivity contribution in [2.45, 2.75) is 30.8 Å². The van der Waals surface area contributed by atoms with E-state index in [2.05, 4.69) is 15.0 Å². The van der Waals surface area contributed by atoms with Crippen LogP contribution in [0.4, 0.5) is 13.2 Å². The smallest absolute Gasteiger partial charge is 0.296 e. The number of benzene rings is 1. The van der Waals surface area contributed by atoms with Crippen molar-refractivity contribution < 1.29 is 40.9 Å². The molecule has 2 N–H and O–H groups in total. The highest BCUT2D eigenvalue weighted by molar-refractivity contribution is 7.88. The third kappa shape index (κ3) is 4.45. The molecule has 2 unspecified atom stereocenters. The molecule has 3 aromatic rings. The van der Waals surface area contributed by atoms with Crippen LogP contribution in [0.3, 0.4) is 0 Å². The summed E-state index contributed by atoms with van der Waals surface area (Å²) in [4.78, 5) is 11.0. The van der Waals surface area contributed by atoms with E-state index in [0.717, 1.165) is 24.5 Å². The molecular formula is C24H23F3N4O6S. The molecule has 0 amide bonds. The van der Waals surface area contributed by atoms with Gasteiger partial charge in [0.15, 0.2) is 17.6 Å². The largest absolute Gasteiger partial charge is 0.456 e. The molecule has 1 aromatic carbocycles. The lowest BCUT2D eigenvalue weighted by Crippen LogP contribution is -2.34. The molecule has 10 nitrogen and oxygen atoms in total. The lowest BCUT2D eigenvalue weighted by atomic mass is 9.97. The molecule has 5 heterocycles. The minimum absolute atomic E-state index is 0.00745. The maximum absolute atomic E-state index is 15.1. The van der Waals surface area contributed by atoms with Crippen LogP contribution in [0.25, 0.3) is 28.0 Å². The summed E-state index contributed by atoms with van der Waals surface area (Å²) in [6.45, 7) is 0.559. The van der Waals surface area contributed by atoms with Crippen molar-refractivity contribution in [3.05, 3.63) is 47.3 Å². The Morgan fingerprint density at radius 2 is 1.82 bits per heavy atom. The van der Waals surface area contributed by atoms with Gasteiger partial charge in [-0.25, -0.2) is 26.6 Å². The molecule has 0 radical (unpaired) electrons. The van der Waals surface area contributed by atoms with Crippen LogP contribution in [0.5, 0.6) is 6.01 Å². The number of aromatic nitrogens is 3. The fraction of sp³-hybridized carbons (Fsp3) is 0.417. The summed E-state index contributed by atoms with van der Waals surface area (Å²) in [7, 11) is -3.37. The number of rotatable bonds is 5. The second-order valence-electron chi connectivity index (χ2n) is 9.47. The summed E-state index contributed by atoms with van der Waals surface area (Å²) in [5, 5.41) is 9.87. The Morgan fingerprint density at radius 1 is 1.08 bits per heavy atom. The lowest BCUT2D eigenvalue weighted by Gasteiger charge is -2.24. The summed E-state index contributed by atoms with van der Waals surface area (Å²) >= 11 is 0. The molecule has 3 aliphatic heterocycles. The van der Waals surface area contributed by atoms with Gasteiger partial charge in [0.1, 0.15) is 35.6 Å². The highest BCUT2D eigenvalue weighted by atomic mass is 32.2. The third-order valence-corrected chi connectivity index (χ3v) is 8.21. The first-order valence-electron chi connectivity index (χ1n) is 11.9. The zero-order valence-corrected chi connectivity index (χ0v) is 20.8. The van der Waals surface area contributed by atoms with E-state index in [0.29, 0.717) is 5.57 Å². The first kappa shape index (κ1) is 25.2. The summed E-state index contributed by atoms with van der Waals surface area (Å²) < 4.78 is 86.8. The minimum Gasteiger partial charge on any atom is -0.456 e. The molecule has 2 saturated heterocycles. The molecule has 0 bridgehead atoms. The van der Waals surface area contributed by atoms with Crippen LogP contribution >= 0.6 is 0 Å². The number of nitrogens with zero attached hydrogens (tertiary/aromatic N) is 3. The van der Waals surface area contributed by atoms with E-state index < -0.39 is 63.1 Å². The minimum atomic E-state index is -3.37. The molecule has 14 heteroatoms. The number of aromatic amines is 1. The second kappa shape index (κ2) is 9.31. The van der Waals surface area contributed by atoms with E-state index in [1.165, 1.54) is 4.31 Å². The van der Waals surface area contributed by atoms with Gasteiger partial charge in [0.25, 0.3) is 6.01 Å². The molecule has 6 rings (SSSR count). The number of imidazole rings is 1. The maximum atomic E-state index is 15.1. The van der Waals surface area contributed by atoms with Gasteiger partial charge >= 0.3 is 0 Å². The topological polar surface area (TPSA) is 127 Å². The van der Waals surface area contributed by atoms with Gasteiger partial charge < -0.3 is 24.3 Å². The summed E-state index contributed by atoms with van der Waals surface area (Å²) in [6, 6.07) is 3.18. The number of hydrogen-bond acceptors (Lipinski definition) is 8. The SMILES string of the molecule is CS(=O)(=O)N1CC=C(c2cc(F)c(-c3nc4nc(O[C@@H]5COC6C5OC[C@H]6O)[nH]c4cc3F)c(F)c2)CC1. The van der Waals surface area contributed by atoms with E-state index in [1.54, 1.807) is 6.08 Å². The van der Waals surface area contributed by atoms with Crippen LogP contribution in [0.2, 0.25) is 0 Å². The summed E-state index contributed by atoms with van der Waals surface area (Å²) in [5.41, 5.74) is -0.228. The number of halogens is 3. The normalized spacial score (nSPS) is 26.1. The van der Waals surface area contributed by atoms with Gasteiger partial charge in [0, 0.05) is 19.2 Å². The van der Waals surface area contributed by atoms with Crippen LogP contribution in [0.15, 0.2) is 24.3 Å². The van der Waals surface area contributed by atoms with Gasteiger partial charge in [-0.2, -0.15) is 9.29 Å². The number of hydrogen-bond donors (Lipinski definition) is 2. The Bertz CT molecular complexity index is 1540. The molecule has 2 fully saturated rings. The van der Waals surface area contributed by atoms with Gasteiger partial charge in [0.2, 0.25) is 10.0 Å². The van der Waals surface area contributed by atoms with Crippen LogP contribution in [0.1, 0.15) is 12.0 Å². The Labute approximate surface area is 215 Å². The first-order valence-corrected chi connectivity index (χ1v) is 13.7. The highest BCUT2D eigenvalue weighted by Crippen LogP contribution is 2.34. The predicted molar refractivity (Wildman–Crippen MR) is 128 cm³/mol. The average Bonchev–Trinajstić information content (AvgIpc) is 3.55. The van der Waals surface area contributed by atoms with E-state index in [9.17, 15) is 17.9 Å². The predicted octanol–water partition coefficient (Wildman–Crippen LogP) is 2.00. The Hall–Kier alpha value is -3.04. The van der Waals surface area contributed by atoms with Crippen molar-refractivity contribution in [2.75, 3.05) is 32.6 Å². The van der Waals surface area contributed by atoms with Crippen LogP contribution < -0.4 is 4.74 Å². The molecule has 38 heavy (non-hydrogen) atoms. The first-order chi connectivity index (χ1) is 18.1. The molecule has 0 saturated carbocycles. The van der Waals surface area contributed by atoms with Gasteiger partial charge in [-0.3, -0.25) is 0 Å². The van der Waals surface area contributed by atoms with E-state index in [4.69, 9.17) is 14.2 Å². The van der Waals surface area contributed by atoms with Crippen molar-refractivity contribution >= 4 is 26.8 Å². The quantitative estimate of drug-likeness (QED) is 0.492. The number of H-pyrrole nitrogens is 1. The standard InChI is InChI=1S/C24H23F3N4O6S/c1-38(33,34)31-4-2-11(3-5-31)12-6-13(25)19(14(26)7-12)20-15(27)8-16-23(29-20)30-24(28-16)37-18-10-36-21-17(32)9-35-22(18)21/h2,6-8,17-18,21-22,32H,3-5,9-10H2,1H3,(H,28,29,30)/t17-,18-,21?,22?/m1/s1.